The van der Waals surface area contributed by atoms with E-state index in [0.717, 1.165) is 19.1 Å². The van der Waals surface area contributed by atoms with Gasteiger partial charge in [-0.15, -0.1) is 0 Å². The van der Waals surface area contributed by atoms with Crippen molar-refractivity contribution in [2.75, 3.05) is 0 Å². The molecule has 0 aliphatic carbocycles. The van der Waals surface area contributed by atoms with Gasteiger partial charge in [0, 0.05) is 6.20 Å². The first-order valence-electron chi connectivity index (χ1n) is 6.82. The lowest BCUT2D eigenvalue weighted by molar-refractivity contribution is 0.111. The molecule has 1 heterocycles. The Morgan fingerprint density at radius 3 is 2.71 bits per heavy atom. The van der Waals surface area contributed by atoms with Crippen LogP contribution in [0.1, 0.15) is 75.3 Å². The number of carbonyl (C=O) groups is 1. The van der Waals surface area contributed by atoms with Crippen molar-refractivity contribution < 1.29 is 4.79 Å². The standard InChI is InChI=1S/C14H24N2O/c1-3-5-6-7-8-9-13(4-2)16-14(12-17)10-11-15-16/h10-13H,3-9H2,1-2H3. The van der Waals surface area contributed by atoms with Gasteiger partial charge >= 0.3 is 0 Å². The van der Waals surface area contributed by atoms with Crippen LogP contribution in [0.4, 0.5) is 0 Å². The van der Waals surface area contributed by atoms with Gasteiger partial charge in [-0.1, -0.05) is 46.0 Å². The number of rotatable bonds is 9. The smallest absolute Gasteiger partial charge is 0.168 e. The van der Waals surface area contributed by atoms with E-state index in [1.165, 1.54) is 32.1 Å². The van der Waals surface area contributed by atoms with Gasteiger partial charge in [0.1, 0.15) is 5.69 Å². The first-order chi connectivity index (χ1) is 8.33. The molecule has 0 spiro atoms. The molecule has 96 valence electrons. The maximum Gasteiger partial charge on any atom is 0.168 e. The summed E-state index contributed by atoms with van der Waals surface area (Å²) in [5.41, 5.74) is 0.699. The summed E-state index contributed by atoms with van der Waals surface area (Å²) in [4.78, 5) is 10.9. The van der Waals surface area contributed by atoms with Gasteiger partial charge in [-0.3, -0.25) is 9.48 Å². The molecule has 0 N–H and O–H groups in total. The monoisotopic (exact) mass is 236 g/mol. The Hall–Kier alpha value is -1.12. The van der Waals surface area contributed by atoms with Crippen LogP contribution < -0.4 is 0 Å². The molecule has 1 rings (SSSR count). The molecule has 0 aliphatic rings. The summed E-state index contributed by atoms with van der Waals surface area (Å²) in [6, 6.07) is 2.17. The molecule has 0 amide bonds. The van der Waals surface area contributed by atoms with Crippen LogP contribution >= 0.6 is 0 Å². The predicted molar refractivity (Wildman–Crippen MR) is 70.3 cm³/mol. The number of nitrogens with zero attached hydrogens (tertiary/aromatic N) is 2. The molecule has 0 aromatic carbocycles. The second kappa shape index (κ2) is 8.04. The fraction of sp³-hybridized carbons (Fsp3) is 0.714. The fourth-order valence-corrected chi connectivity index (χ4v) is 2.21. The van der Waals surface area contributed by atoms with E-state index in [1.54, 1.807) is 12.3 Å². The highest BCUT2D eigenvalue weighted by atomic mass is 16.1. The largest absolute Gasteiger partial charge is 0.296 e. The normalized spacial score (nSPS) is 12.6. The Labute approximate surface area is 104 Å². The van der Waals surface area contributed by atoms with Gasteiger partial charge in [0.05, 0.1) is 6.04 Å². The molecule has 1 aromatic rings. The van der Waals surface area contributed by atoms with Gasteiger partial charge < -0.3 is 0 Å². The SMILES string of the molecule is CCCCCCCC(CC)n1nccc1C=O. The summed E-state index contributed by atoms with van der Waals surface area (Å²) in [5.74, 6) is 0. The molecule has 17 heavy (non-hydrogen) atoms. The quantitative estimate of drug-likeness (QED) is 0.479. The summed E-state index contributed by atoms with van der Waals surface area (Å²) in [6.45, 7) is 4.39. The summed E-state index contributed by atoms with van der Waals surface area (Å²) in [6.07, 6.45) is 11.2. The summed E-state index contributed by atoms with van der Waals surface area (Å²) < 4.78 is 1.88. The maximum atomic E-state index is 10.9. The van der Waals surface area contributed by atoms with E-state index < -0.39 is 0 Å². The molecule has 0 aliphatic heterocycles. The van der Waals surface area contributed by atoms with E-state index in [2.05, 4.69) is 18.9 Å². The minimum atomic E-state index is 0.381. The molecular formula is C14H24N2O. The van der Waals surface area contributed by atoms with Crippen LogP contribution in [-0.4, -0.2) is 16.1 Å². The van der Waals surface area contributed by atoms with Crippen LogP contribution in [0.25, 0.3) is 0 Å². The van der Waals surface area contributed by atoms with E-state index in [9.17, 15) is 4.79 Å². The Morgan fingerprint density at radius 1 is 1.29 bits per heavy atom. The number of aldehydes is 1. The van der Waals surface area contributed by atoms with Crippen molar-refractivity contribution in [3.8, 4) is 0 Å². The summed E-state index contributed by atoms with van der Waals surface area (Å²) in [7, 11) is 0. The lowest BCUT2D eigenvalue weighted by Gasteiger charge is -2.16. The highest BCUT2D eigenvalue weighted by Crippen LogP contribution is 2.20. The molecular weight excluding hydrogens is 212 g/mol. The molecule has 3 heteroatoms. The maximum absolute atomic E-state index is 10.9. The number of carbonyl (C=O) groups excluding carboxylic acids is 1. The Morgan fingerprint density at radius 2 is 2.06 bits per heavy atom. The summed E-state index contributed by atoms with van der Waals surface area (Å²) in [5, 5.41) is 4.26. The molecule has 3 nitrogen and oxygen atoms in total. The second-order valence-electron chi connectivity index (χ2n) is 4.58. The molecule has 0 saturated heterocycles. The molecule has 0 radical (unpaired) electrons. The number of aromatic nitrogens is 2. The van der Waals surface area contributed by atoms with E-state index in [4.69, 9.17) is 0 Å². The zero-order valence-electron chi connectivity index (χ0n) is 11.1. The van der Waals surface area contributed by atoms with Gasteiger partial charge in [-0.2, -0.15) is 5.10 Å². The average Bonchev–Trinajstić information content (AvgIpc) is 2.82. The number of hydrogen-bond acceptors (Lipinski definition) is 2. The zero-order chi connectivity index (χ0) is 12.5. The molecule has 1 aromatic heterocycles. The van der Waals surface area contributed by atoms with Crippen molar-refractivity contribution in [3.05, 3.63) is 18.0 Å². The highest BCUT2D eigenvalue weighted by Gasteiger charge is 2.12. The fourth-order valence-electron chi connectivity index (χ4n) is 2.21. The van der Waals surface area contributed by atoms with Gasteiger partial charge in [0.25, 0.3) is 0 Å². The first-order valence-corrected chi connectivity index (χ1v) is 6.82. The van der Waals surface area contributed by atoms with Gasteiger partial charge in [0.15, 0.2) is 6.29 Å². The molecule has 1 atom stereocenters. The van der Waals surface area contributed by atoms with E-state index in [-0.39, 0.29) is 0 Å². The van der Waals surface area contributed by atoms with Crippen LogP contribution in [-0.2, 0) is 0 Å². The third-order valence-corrected chi connectivity index (χ3v) is 3.28. The highest BCUT2D eigenvalue weighted by molar-refractivity contribution is 5.71. The third kappa shape index (κ3) is 4.33. The van der Waals surface area contributed by atoms with Crippen molar-refractivity contribution in [1.82, 2.24) is 9.78 Å². The first kappa shape index (κ1) is 13.9. The summed E-state index contributed by atoms with van der Waals surface area (Å²) >= 11 is 0. The van der Waals surface area contributed by atoms with Crippen molar-refractivity contribution in [2.45, 2.75) is 64.8 Å². The lowest BCUT2D eigenvalue weighted by Crippen LogP contribution is -2.12. The van der Waals surface area contributed by atoms with Crippen molar-refractivity contribution >= 4 is 6.29 Å². The average molecular weight is 236 g/mol. The van der Waals surface area contributed by atoms with Crippen molar-refractivity contribution in [3.63, 3.8) is 0 Å². The zero-order valence-corrected chi connectivity index (χ0v) is 11.1. The van der Waals surface area contributed by atoms with E-state index in [1.807, 2.05) is 4.68 Å². The Bertz CT molecular complexity index is 320. The van der Waals surface area contributed by atoms with E-state index in [0.29, 0.717) is 11.7 Å². The number of unbranched alkanes of at least 4 members (excludes halogenated alkanes) is 4. The van der Waals surface area contributed by atoms with Crippen LogP contribution in [0, 0.1) is 0 Å². The van der Waals surface area contributed by atoms with Crippen LogP contribution in [0.15, 0.2) is 12.3 Å². The predicted octanol–water partition coefficient (Wildman–Crippen LogP) is 4.01. The van der Waals surface area contributed by atoms with E-state index >= 15 is 0 Å². The van der Waals surface area contributed by atoms with Gasteiger partial charge in [-0.05, 0) is 18.9 Å². The third-order valence-electron chi connectivity index (χ3n) is 3.28. The van der Waals surface area contributed by atoms with Crippen LogP contribution in [0.3, 0.4) is 0 Å². The Kier molecular flexibility index (Phi) is 6.60. The minimum Gasteiger partial charge on any atom is -0.296 e. The number of hydrogen-bond donors (Lipinski definition) is 0. The molecule has 0 fully saturated rings. The van der Waals surface area contributed by atoms with Crippen LogP contribution in [0.5, 0.6) is 0 Å². The molecule has 0 saturated carbocycles. The second-order valence-corrected chi connectivity index (χ2v) is 4.58. The van der Waals surface area contributed by atoms with Crippen molar-refractivity contribution in [1.29, 1.82) is 0 Å². The minimum absolute atomic E-state index is 0.381. The van der Waals surface area contributed by atoms with Crippen LogP contribution in [0.2, 0.25) is 0 Å². The topological polar surface area (TPSA) is 34.9 Å². The van der Waals surface area contributed by atoms with Gasteiger partial charge in [-0.25, -0.2) is 0 Å². The van der Waals surface area contributed by atoms with Gasteiger partial charge in [0.2, 0.25) is 0 Å². The molecule has 1 unspecified atom stereocenters. The molecule has 0 bridgehead atoms. The van der Waals surface area contributed by atoms with Crippen molar-refractivity contribution in [2.24, 2.45) is 0 Å². The lowest BCUT2D eigenvalue weighted by atomic mass is 10.0. The Balaban J connectivity index is 2.40.